The Labute approximate surface area is 175 Å². The van der Waals surface area contributed by atoms with E-state index < -0.39 is 0 Å². The third-order valence-corrected chi connectivity index (χ3v) is 8.47. The minimum absolute atomic E-state index is 0.326. The summed E-state index contributed by atoms with van der Waals surface area (Å²) in [6.45, 7) is 19.4. The van der Waals surface area contributed by atoms with Gasteiger partial charge >= 0.3 is 0 Å². The van der Waals surface area contributed by atoms with Gasteiger partial charge in [0.2, 0.25) is 0 Å². The van der Waals surface area contributed by atoms with Crippen LogP contribution in [0.25, 0.3) is 0 Å². The highest BCUT2D eigenvalue weighted by Crippen LogP contribution is 2.61. The normalized spacial score (nSPS) is 30.0. The molecule has 1 saturated carbocycles. The molecule has 0 radical (unpaired) electrons. The van der Waals surface area contributed by atoms with E-state index in [2.05, 4.69) is 73.6 Å². The molecular weight excluding hydrogens is 336 g/mol. The fourth-order valence-corrected chi connectivity index (χ4v) is 6.17. The summed E-state index contributed by atoms with van der Waals surface area (Å²) in [6.07, 6.45) is 10.9. The third-order valence-electron chi connectivity index (χ3n) is 8.47. The second kappa shape index (κ2) is 7.81. The van der Waals surface area contributed by atoms with Gasteiger partial charge in [0.05, 0.1) is 0 Å². The van der Waals surface area contributed by atoms with E-state index in [4.69, 9.17) is 0 Å². The minimum atomic E-state index is 0.326. The van der Waals surface area contributed by atoms with Crippen molar-refractivity contribution in [3.05, 3.63) is 34.9 Å². The molecule has 0 heteroatoms. The van der Waals surface area contributed by atoms with E-state index in [0.717, 1.165) is 11.8 Å². The van der Waals surface area contributed by atoms with Crippen LogP contribution in [0.5, 0.6) is 0 Å². The highest BCUT2D eigenvalue weighted by molar-refractivity contribution is 5.46. The fraction of sp³-hybridized carbons (Fsp3) is 0.786. The summed E-state index contributed by atoms with van der Waals surface area (Å²) >= 11 is 0. The van der Waals surface area contributed by atoms with E-state index in [9.17, 15) is 0 Å². The molecule has 0 spiro atoms. The SMILES string of the molecule is CCCC1(c2ccc3c(c2)[C@H](C(C)(C)C)CCC3(C)C)CC1CC[C@H](C)CC. The molecule has 0 nitrogen and oxygen atoms in total. The topological polar surface area (TPSA) is 0 Å². The lowest BCUT2D eigenvalue weighted by molar-refractivity contribution is 0.256. The fourth-order valence-electron chi connectivity index (χ4n) is 6.17. The van der Waals surface area contributed by atoms with Gasteiger partial charge in [0.1, 0.15) is 0 Å². The van der Waals surface area contributed by atoms with Crippen LogP contribution in [0.1, 0.15) is 129 Å². The lowest BCUT2D eigenvalue weighted by atomic mass is 9.62. The molecule has 3 rings (SSSR count). The Hall–Kier alpha value is -0.780. The van der Waals surface area contributed by atoms with Gasteiger partial charge in [-0.2, -0.15) is 0 Å². The molecule has 0 N–H and O–H groups in total. The average molecular weight is 383 g/mol. The van der Waals surface area contributed by atoms with Gasteiger partial charge in [0.15, 0.2) is 0 Å². The van der Waals surface area contributed by atoms with E-state index in [1.54, 1.807) is 16.7 Å². The van der Waals surface area contributed by atoms with Crippen molar-refractivity contribution >= 4 is 0 Å². The zero-order valence-electron chi connectivity index (χ0n) is 20.1. The Morgan fingerprint density at radius 2 is 1.86 bits per heavy atom. The monoisotopic (exact) mass is 382 g/mol. The maximum absolute atomic E-state index is 2.69. The van der Waals surface area contributed by atoms with Crippen molar-refractivity contribution in [3.63, 3.8) is 0 Å². The van der Waals surface area contributed by atoms with Crippen LogP contribution >= 0.6 is 0 Å². The molecule has 1 aromatic carbocycles. The van der Waals surface area contributed by atoms with Gasteiger partial charge in [-0.15, -0.1) is 0 Å². The minimum Gasteiger partial charge on any atom is -0.0654 e. The quantitative estimate of drug-likeness (QED) is 0.442. The molecule has 2 unspecified atom stereocenters. The zero-order valence-corrected chi connectivity index (χ0v) is 20.1. The molecule has 1 fully saturated rings. The Bertz CT molecular complexity index is 674. The van der Waals surface area contributed by atoms with E-state index in [-0.39, 0.29) is 0 Å². The van der Waals surface area contributed by atoms with Crippen molar-refractivity contribution in [2.24, 2.45) is 17.3 Å². The Morgan fingerprint density at radius 1 is 1.14 bits per heavy atom. The first-order chi connectivity index (χ1) is 13.0. The van der Waals surface area contributed by atoms with Crippen molar-refractivity contribution in [2.75, 3.05) is 0 Å². The van der Waals surface area contributed by atoms with Gasteiger partial charge in [0, 0.05) is 0 Å². The van der Waals surface area contributed by atoms with Crippen LogP contribution in [0.2, 0.25) is 0 Å². The number of rotatable bonds is 7. The summed E-state index contributed by atoms with van der Waals surface area (Å²) in [6, 6.07) is 7.75. The molecule has 2 aliphatic rings. The van der Waals surface area contributed by atoms with Crippen molar-refractivity contribution in [1.82, 2.24) is 0 Å². The van der Waals surface area contributed by atoms with Crippen molar-refractivity contribution in [2.45, 2.75) is 124 Å². The lowest BCUT2D eigenvalue weighted by Gasteiger charge is -2.43. The summed E-state index contributed by atoms with van der Waals surface area (Å²) in [5.41, 5.74) is 6.15. The number of hydrogen-bond acceptors (Lipinski definition) is 0. The van der Waals surface area contributed by atoms with Crippen LogP contribution in [0.15, 0.2) is 18.2 Å². The Kier molecular flexibility index (Phi) is 6.11. The summed E-state index contributed by atoms with van der Waals surface area (Å²) in [5.74, 6) is 2.50. The van der Waals surface area contributed by atoms with E-state index >= 15 is 0 Å². The Balaban J connectivity index is 1.94. The van der Waals surface area contributed by atoms with Crippen LogP contribution in [-0.4, -0.2) is 0 Å². The molecule has 0 saturated heterocycles. The van der Waals surface area contributed by atoms with Crippen molar-refractivity contribution in [3.8, 4) is 0 Å². The Morgan fingerprint density at radius 3 is 2.46 bits per heavy atom. The standard InChI is InChI=1S/C28H46/c1-9-16-28(19-22(28)12-11-20(3)10-2)21-13-14-25-23(18-21)24(26(4,5)6)15-17-27(25,7)8/h13-14,18,20,22,24H,9-12,15-17,19H2,1-8H3/t20-,22?,24-,28?/m1/s1. The smallest absolute Gasteiger partial charge is 0.00155 e. The number of fused-ring (bicyclic) bond motifs is 1. The summed E-state index contributed by atoms with van der Waals surface area (Å²) in [4.78, 5) is 0. The van der Waals surface area contributed by atoms with Crippen LogP contribution in [-0.2, 0) is 10.8 Å². The highest BCUT2D eigenvalue weighted by Gasteiger charge is 2.54. The molecule has 0 aromatic heterocycles. The molecule has 0 aliphatic heterocycles. The summed E-state index contributed by atoms with van der Waals surface area (Å²) in [7, 11) is 0. The molecule has 0 bridgehead atoms. The van der Waals surface area contributed by atoms with Gasteiger partial charge in [-0.1, -0.05) is 92.9 Å². The molecule has 0 heterocycles. The maximum Gasteiger partial charge on any atom is -0.00155 e. The van der Waals surface area contributed by atoms with Gasteiger partial charge in [-0.3, -0.25) is 0 Å². The van der Waals surface area contributed by atoms with E-state index in [0.29, 0.717) is 22.2 Å². The predicted octanol–water partition coefficient (Wildman–Crippen LogP) is 8.77. The zero-order chi connectivity index (χ0) is 20.7. The first kappa shape index (κ1) is 21.9. The van der Waals surface area contributed by atoms with Gasteiger partial charge in [-0.05, 0) is 82.8 Å². The molecule has 1 aromatic rings. The largest absolute Gasteiger partial charge is 0.0654 e. The first-order valence-electron chi connectivity index (χ1n) is 12.2. The van der Waals surface area contributed by atoms with Crippen LogP contribution in [0.4, 0.5) is 0 Å². The van der Waals surface area contributed by atoms with Crippen molar-refractivity contribution < 1.29 is 0 Å². The lowest BCUT2D eigenvalue weighted by Crippen LogP contribution is -2.32. The third kappa shape index (κ3) is 4.08. The molecule has 4 atom stereocenters. The van der Waals surface area contributed by atoms with Gasteiger partial charge < -0.3 is 0 Å². The summed E-state index contributed by atoms with van der Waals surface area (Å²) < 4.78 is 0. The summed E-state index contributed by atoms with van der Waals surface area (Å²) in [5, 5.41) is 0. The molecule has 2 aliphatic carbocycles. The molecule has 0 amide bonds. The van der Waals surface area contributed by atoms with Crippen LogP contribution < -0.4 is 0 Å². The first-order valence-corrected chi connectivity index (χ1v) is 12.2. The van der Waals surface area contributed by atoms with E-state index in [1.165, 1.54) is 51.4 Å². The van der Waals surface area contributed by atoms with Gasteiger partial charge in [0.25, 0.3) is 0 Å². The van der Waals surface area contributed by atoms with Crippen LogP contribution in [0, 0.1) is 17.3 Å². The molecule has 28 heavy (non-hydrogen) atoms. The molecule has 158 valence electrons. The maximum atomic E-state index is 2.69. The highest BCUT2D eigenvalue weighted by atomic mass is 14.6. The second-order valence-electron chi connectivity index (χ2n) is 12.0. The second-order valence-corrected chi connectivity index (χ2v) is 12.0. The molecular formula is C28H46. The average Bonchev–Trinajstić information content (AvgIpc) is 3.32. The number of benzene rings is 1. The van der Waals surface area contributed by atoms with Crippen molar-refractivity contribution in [1.29, 1.82) is 0 Å². The predicted molar refractivity (Wildman–Crippen MR) is 124 cm³/mol. The van der Waals surface area contributed by atoms with Gasteiger partial charge in [-0.25, -0.2) is 0 Å². The van der Waals surface area contributed by atoms with Crippen LogP contribution in [0.3, 0.4) is 0 Å². The van der Waals surface area contributed by atoms with E-state index in [1.807, 2.05) is 0 Å². The number of hydrogen-bond donors (Lipinski definition) is 0.